The summed E-state index contributed by atoms with van der Waals surface area (Å²) in [6, 6.07) is -0.978. The Bertz CT molecular complexity index is 1100. The second kappa shape index (κ2) is 11.6. The van der Waals surface area contributed by atoms with Crippen LogP contribution in [0.5, 0.6) is 0 Å². The Balaban J connectivity index is 2.05. The van der Waals surface area contributed by atoms with Crippen molar-refractivity contribution in [2.45, 2.75) is 51.3 Å². The lowest BCUT2D eigenvalue weighted by molar-refractivity contribution is -0.150. The molecule has 2 N–H and O–H groups in total. The summed E-state index contributed by atoms with van der Waals surface area (Å²) in [6.45, 7) is 4.49. The first-order chi connectivity index (χ1) is 15.8. The molecule has 0 aromatic carbocycles. The average Bonchev–Trinajstić information content (AvgIpc) is 2.98. The molecular formula is C19H28N2O10S3. The Labute approximate surface area is 202 Å². The standard InChI is InChI=1S/C19H28N2O10S3/c1-4-21(19(24)31-9-8-30-16(23)7-6-15(22)29-5-2)14-11-17(34(20,27)28)32-18-13(14)10-12(3)33(18,25)26/h11-12,14H,4-10H2,1-3H3,(H2,20,27,28)/t12-,14-/m0/s1. The van der Waals surface area contributed by atoms with Gasteiger partial charge in [0.15, 0.2) is 9.84 Å². The molecule has 2 rings (SSSR count). The first kappa shape index (κ1) is 28.1. The third-order valence-corrected chi connectivity index (χ3v) is 10.4. The van der Waals surface area contributed by atoms with Crippen molar-refractivity contribution in [3.05, 3.63) is 20.1 Å². The van der Waals surface area contributed by atoms with Gasteiger partial charge in [0.2, 0.25) is 10.0 Å². The molecule has 0 unspecified atom stereocenters. The van der Waals surface area contributed by atoms with Gasteiger partial charge in [-0.15, -0.1) is 0 Å². The molecule has 15 heteroatoms. The topological polar surface area (TPSA) is 176 Å². The van der Waals surface area contributed by atoms with Crippen LogP contribution in [0.15, 0.2) is 20.1 Å². The molecule has 2 aliphatic rings. The van der Waals surface area contributed by atoms with Crippen molar-refractivity contribution < 1.29 is 45.4 Å². The van der Waals surface area contributed by atoms with E-state index in [0.717, 1.165) is 0 Å². The average molecular weight is 541 g/mol. The number of carbonyl (C=O) groups excluding carboxylic acids is 3. The highest BCUT2D eigenvalue weighted by Crippen LogP contribution is 2.48. The molecule has 2 heterocycles. The zero-order chi connectivity index (χ0) is 25.7. The van der Waals surface area contributed by atoms with E-state index in [4.69, 9.17) is 19.3 Å². The van der Waals surface area contributed by atoms with Gasteiger partial charge in [-0.05, 0) is 38.8 Å². The van der Waals surface area contributed by atoms with E-state index in [9.17, 15) is 31.2 Å². The summed E-state index contributed by atoms with van der Waals surface area (Å²) < 4.78 is 63.6. The van der Waals surface area contributed by atoms with Gasteiger partial charge in [-0.2, -0.15) is 0 Å². The summed E-state index contributed by atoms with van der Waals surface area (Å²) in [4.78, 5) is 36.8. The monoisotopic (exact) mass is 540 g/mol. The number of nitrogens with two attached hydrogens (primary N) is 1. The molecule has 0 fully saturated rings. The molecule has 0 aromatic heterocycles. The maximum Gasteiger partial charge on any atom is 0.410 e. The van der Waals surface area contributed by atoms with Gasteiger partial charge in [-0.25, -0.2) is 26.8 Å². The summed E-state index contributed by atoms with van der Waals surface area (Å²) in [7, 11) is -7.97. The van der Waals surface area contributed by atoms with Crippen LogP contribution in [0.2, 0.25) is 0 Å². The fourth-order valence-corrected chi connectivity index (χ4v) is 7.80. The molecular weight excluding hydrogens is 512 g/mol. The number of thioether (sulfide) groups is 1. The smallest absolute Gasteiger partial charge is 0.410 e. The highest BCUT2D eigenvalue weighted by Gasteiger charge is 2.45. The lowest BCUT2D eigenvalue weighted by atomic mass is 10.0. The van der Waals surface area contributed by atoms with Gasteiger partial charge in [0.05, 0.1) is 30.7 Å². The van der Waals surface area contributed by atoms with Crippen LogP contribution in [-0.4, -0.2) is 77.4 Å². The first-order valence-electron chi connectivity index (χ1n) is 10.5. The van der Waals surface area contributed by atoms with Crippen LogP contribution < -0.4 is 5.14 Å². The van der Waals surface area contributed by atoms with E-state index in [2.05, 4.69) is 0 Å². The van der Waals surface area contributed by atoms with E-state index in [-0.39, 0.29) is 54.1 Å². The number of rotatable bonds is 10. The largest absolute Gasteiger partial charge is 0.466 e. The van der Waals surface area contributed by atoms with Crippen LogP contribution >= 0.6 is 11.8 Å². The molecule has 2 aliphatic heterocycles. The highest BCUT2D eigenvalue weighted by atomic mass is 32.3. The molecule has 12 nitrogen and oxygen atoms in total. The zero-order valence-electron chi connectivity index (χ0n) is 19.0. The third-order valence-electron chi connectivity index (χ3n) is 5.00. The van der Waals surface area contributed by atoms with E-state index in [0.29, 0.717) is 17.3 Å². The van der Waals surface area contributed by atoms with E-state index >= 15 is 0 Å². The number of hydrogen-bond donors (Lipinski definition) is 1. The van der Waals surface area contributed by atoms with Crippen molar-refractivity contribution in [1.82, 2.24) is 4.90 Å². The van der Waals surface area contributed by atoms with E-state index < -0.39 is 49.2 Å². The van der Waals surface area contributed by atoms with Gasteiger partial charge < -0.3 is 14.2 Å². The number of primary sulfonamides is 1. The fourth-order valence-electron chi connectivity index (χ4n) is 3.34. The fraction of sp³-hybridized carbons (Fsp3) is 0.632. The molecule has 0 spiro atoms. The Morgan fingerprint density at radius 3 is 2.26 bits per heavy atom. The molecule has 0 bridgehead atoms. The van der Waals surface area contributed by atoms with Gasteiger partial charge >= 0.3 is 18.0 Å². The number of ether oxygens (including phenoxy) is 3. The van der Waals surface area contributed by atoms with Crippen LogP contribution in [0, 0.1) is 0 Å². The number of amides is 1. The minimum absolute atomic E-state index is 0.0765. The number of sulfone groups is 1. The van der Waals surface area contributed by atoms with Gasteiger partial charge in [-0.3, -0.25) is 14.5 Å². The molecule has 192 valence electrons. The lowest BCUT2D eigenvalue weighted by Gasteiger charge is -2.31. The van der Waals surface area contributed by atoms with Crippen LogP contribution in [0.1, 0.15) is 40.0 Å². The van der Waals surface area contributed by atoms with Crippen molar-refractivity contribution in [2.75, 3.05) is 26.4 Å². The molecule has 0 saturated carbocycles. The Morgan fingerprint density at radius 2 is 1.71 bits per heavy atom. The molecule has 1 amide bonds. The predicted molar refractivity (Wildman–Crippen MR) is 123 cm³/mol. The van der Waals surface area contributed by atoms with Gasteiger partial charge in [0.1, 0.15) is 21.7 Å². The van der Waals surface area contributed by atoms with Crippen molar-refractivity contribution in [3.8, 4) is 0 Å². The summed E-state index contributed by atoms with van der Waals surface area (Å²) in [6.07, 6.45) is 0.208. The van der Waals surface area contributed by atoms with Crippen LogP contribution in [0.4, 0.5) is 4.79 Å². The Hall–Kier alpha value is -2.10. The Kier molecular flexibility index (Phi) is 9.56. The number of esters is 2. The van der Waals surface area contributed by atoms with Crippen molar-refractivity contribution in [1.29, 1.82) is 0 Å². The number of carbonyl (C=O) groups is 3. The summed E-state index contributed by atoms with van der Waals surface area (Å²) in [5.41, 5.74) is 0.397. The molecule has 34 heavy (non-hydrogen) atoms. The highest BCUT2D eigenvalue weighted by molar-refractivity contribution is 8.27. The molecule has 0 aliphatic carbocycles. The number of likely N-dealkylation sites (N-methyl/N-ethyl adjacent to an activating group) is 1. The predicted octanol–water partition coefficient (Wildman–Crippen LogP) is 0.995. The quantitative estimate of drug-likeness (QED) is 0.237. The minimum atomic E-state index is -4.22. The Morgan fingerprint density at radius 1 is 1.12 bits per heavy atom. The van der Waals surface area contributed by atoms with E-state index in [1.165, 1.54) is 17.9 Å². The number of sulfonamides is 1. The number of nitrogens with zero attached hydrogens (tertiary/aromatic N) is 1. The minimum Gasteiger partial charge on any atom is -0.466 e. The molecule has 0 radical (unpaired) electrons. The van der Waals surface area contributed by atoms with Crippen LogP contribution in [0.3, 0.4) is 0 Å². The van der Waals surface area contributed by atoms with Crippen molar-refractivity contribution >= 4 is 49.7 Å². The van der Waals surface area contributed by atoms with Crippen molar-refractivity contribution in [2.24, 2.45) is 5.14 Å². The summed E-state index contributed by atoms with van der Waals surface area (Å²) in [5.74, 6) is -1.19. The van der Waals surface area contributed by atoms with E-state index in [1.807, 2.05) is 0 Å². The van der Waals surface area contributed by atoms with E-state index in [1.54, 1.807) is 13.8 Å². The lowest BCUT2D eigenvalue weighted by Crippen LogP contribution is -2.42. The SMILES string of the molecule is CCOC(=O)CCC(=O)OCCOC(=O)N(CC)[C@H]1C=C(S(N)(=O)=O)SC2=C1C[C@H](C)S2(=O)=O. The van der Waals surface area contributed by atoms with Crippen LogP contribution in [-0.2, 0) is 43.7 Å². The maximum atomic E-state index is 12.7. The molecule has 0 saturated heterocycles. The number of hydrogen-bond acceptors (Lipinski definition) is 11. The van der Waals surface area contributed by atoms with Gasteiger partial charge in [0.25, 0.3) is 0 Å². The third kappa shape index (κ3) is 6.73. The second-order valence-corrected chi connectivity index (χ2v) is 12.8. The molecule has 2 atom stereocenters. The summed E-state index contributed by atoms with van der Waals surface area (Å²) in [5, 5.41) is 4.46. The first-order valence-corrected chi connectivity index (χ1v) is 14.4. The summed E-state index contributed by atoms with van der Waals surface area (Å²) >= 11 is 0.568. The maximum absolute atomic E-state index is 12.7. The van der Waals surface area contributed by atoms with Crippen LogP contribution in [0.25, 0.3) is 0 Å². The van der Waals surface area contributed by atoms with Gasteiger partial charge in [-0.1, -0.05) is 11.8 Å². The van der Waals surface area contributed by atoms with Gasteiger partial charge in [0, 0.05) is 6.54 Å². The normalized spacial score (nSPS) is 21.4. The second-order valence-electron chi connectivity index (χ2n) is 7.38. The zero-order valence-corrected chi connectivity index (χ0v) is 21.5. The molecule has 0 aromatic rings. The van der Waals surface area contributed by atoms with Crippen molar-refractivity contribution in [3.63, 3.8) is 0 Å².